The lowest BCUT2D eigenvalue weighted by molar-refractivity contribution is -0.131. The minimum Gasteiger partial charge on any atom is -0.399 e. The third-order valence-electron chi connectivity index (χ3n) is 2.75. The summed E-state index contributed by atoms with van der Waals surface area (Å²) in [6.07, 6.45) is 2.88. The van der Waals surface area contributed by atoms with E-state index < -0.39 is 6.10 Å². The predicted octanol–water partition coefficient (Wildman–Crippen LogP) is 2.33. The van der Waals surface area contributed by atoms with Crippen LogP contribution in [0.15, 0.2) is 36.9 Å². The summed E-state index contributed by atoms with van der Waals surface area (Å²) in [5, 5.41) is 2.85. The van der Waals surface area contributed by atoms with Gasteiger partial charge in [0.25, 0.3) is 0 Å². The number of hydrogen-bond acceptors (Lipinski definition) is 3. The molecular formula is C15H23ClN2O2. The standard InChI is InChI=1S/C15H22N2O2.ClH/c1-3-4-11-19-12(2)15(18)17-10-9-13-5-7-14(16)8-6-13;/h3,5-8,12H,1,4,9-11,16H2,2H3,(H,17,18);1H. The average molecular weight is 299 g/mol. The summed E-state index contributed by atoms with van der Waals surface area (Å²) in [6.45, 7) is 6.47. The molecule has 0 aliphatic heterocycles. The molecule has 0 radical (unpaired) electrons. The lowest BCUT2D eigenvalue weighted by atomic mass is 10.1. The molecule has 0 aromatic heterocycles. The molecule has 0 bridgehead atoms. The van der Waals surface area contributed by atoms with Crippen molar-refractivity contribution in [1.82, 2.24) is 5.32 Å². The zero-order valence-electron chi connectivity index (χ0n) is 11.8. The minimum atomic E-state index is -0.425. The Balaban J connectivity index is 0.00000361. The number of benzene rings is 1. The smallest absolute Gasteiger partial charge is 0.248 e. The number of carbonyl (C=O) groups is 1. The van der Waals surface area contributed by atoms with E-state index in [1.165, 1.54) is 0 Å². The zero-order valence-corrected chi connectivity index (χ0v) is 12.6. The SMILES string of the molecule is C=CCCOC(C)C(=O)NCCc1ccc(N)cc1.Cl. The maximum atomic E-state index is 11.7. The van der Waals surface area contributed by atoms with Gasteiger partial charge in [-0.3, -0.25) is 4.79 Å². The predicted molar refractivity (Wildman–Crippen MR) is 85.0 cm³/mol. The Morgan fingerprint density at radius 3 is 2.70 bits per heavy atom. The fourth-order valence-corrected chi connectivity index (χ4v) is 1.56. The molecule has 5 heteroatoms. The van der Waals surface area contributed by atoms with Gasteiger partial charge in [0.1, 0.15) is 6.10 Å². The number of amides is 1. The molecule has 0 fully saturated rings. The van der Waals surface area contributed by atoms with Crippen LogP contribution in [0.2, 0.25) is 0 Å². The highest BCUT2D eigenvalue weighted by atomic mass is 35.5. The third kappa shape index (κ3) is 7.16. The average Bonchev–Trinajstić information content (AvgIpc) is 2.41. The second-order valence-corrected chi connectivity index (χ2v) is 4.37. The molecule has 1 amide bonds. The molecule has 112 valence electrons. The van der Waals surface area contributed by atoms with E-state index in [-0.39, 0.29) is 18.3 Å². The van der Waals surface area contributed by atoms with Crippen molar-refractivity contribution in [3.05, 3.63) is 42.5 Å². The van der Waals surface area contributed by atoms with Gasteiger partial charge in [-0.1, -0.05) is 18.2 Å². The van der Waals surface area contributed by atoms with Gasteiger partial charge in [0.05, 0.1) is 6.61 Å². The Labute approximate surface area is 126 Å². The maximum Gasteiger partial charge on any atom is 0.248 e. The van der Waals surface area contributed by atoms with Gasteiger partial charge in [0.15, 0.2) is 0 Å². The Hall–Kier alpha value is -1.52. The Bertz CT molecular complexity index is 407. The van der Waals surface area contributed by atoms with Crippen molar-refractivity contribution in [2.24, 2.45) is 0 Å². The molecule has 0 spiro atoms. The Kier molecular flexibility index (Phi) is 9.51. The number of ether oxygens (including phenoxy) is 1. The van der Waals surface area contributed by atoms with E-state index >= 15 is 0 Å². The maximum absolute atomic E-state index is 11.7. The van der Waals surface area contributed by atoms with E-state index in [1.807, 2.05) is 24.3 Å². The summed E-state index contributed by atoms with van der Waals surface area (Å²) in [5.74, 6) is -0.0838. The highest BCUT2D eigenvalue weighted by Crippen LogP contribution is 2.05. The first-order valence-corrected chi connectivity index (χ1v) is 6.48. The fraction of sp³-hybridized carbons (Fsp3) is 0.400. The number of nitrogens with one attached hydrogen (secondary N) is 1. The lowest BCUT2D eigenvalue weighted by Crippen LogP contribution is -2.35. The largest absolute Gasteiger partial charge is 0.399 e. The number of carbonyl (C=O) groups excluding carboxylic acids is 1. The second-order valence-electron chi connectivity index (χ2n) is 4.37. The Morgan fingerprint density at radius 2 is 2.10 bits per heavy atom. The van der Waals surface area contributed by atoms with E-state index in [0.717, 1.165) is 24.1 Å². The molecule has 1 aromatic rings. The van der Waals surface area contributed by atoms with Crippen LogP contribution < -0.4 is 11.1 Å². The number of rotatable bonds is 8. The van der Waals surface area contributed by atoms with Gasteiger partial charge in [-0.25, -0.2) is 0 Å². The number of halogens is 1. The van der Waals surface area contributed by atoms with Gasteiger partial charge in [-0.2, -0.15) is 0 Å². The quantitative estimate of drug-likeness (QED) is 0.440. The minimum absolute atomic E-state index is 0. The zero-order chi connectivity index (χ0) is 14.1. The molecular weight excluding hydrogens is 276 g/mol. The van der Waals surface area contributed by atoms with Crippen molar-refractivity contribution >= 4 is 24.0 Å². The topological polar surface area (TPSA) is 64.3 Å². The van der Waals surface area contributed by atoms with Crippen molar-refractivity contribution in [2.45, 2.75) is 25.9 Å². The molecule has 1 rings (SSSR count). The molecule has 0 aliphatic carbocycles. The molecule has 20 heavy (non-hydrogen) atoms. The number of hydrogen-bond donors (Lipinski definition) is 2. The van der Waals surface area contributed by atoms with Crippen LogP contribution >= 0.6 is 12.4 Å². The van der Waals surface area contributed by atoms with E-state index in [1.54, 1.807) is 13.0 Å². The fourth-order valence-electron chi connectivity index (χ4n) is 1.56. The number of anilines is 1. The summed E-state index contributed by atoms with van der Waals surface area (Å²) in [7, 11) is 0. The summed E-state index contributed by atoms with van der Waals surface area (Å²) in [4.78, 5) is 11.7. The van der Waals surface area contributed by atoms with Gasteiger partial charge >= 0.3 is 0 Å². The van der Waals surface area contributed by atoms with Gasteiger partial charge in [0, 0.05) is 12.2 Å². The molecule has 3 N–H and O–H groups in total. The Morgan fingerprint density at radius 1 is 1.45 bits per heavy atom. The van der Waals surface area contributed by atoms with Crippen LogP contribution in [-0.2, 0) is 16.0 Å². The first-order valence-electron chi connectivity index (χ1n) is 6.48. The lowest BCUT2D eigenvalue weighted by Gasteiger charge is -2.12. The monoisotopic (exact) mass is 298 g/mol. The number of nitrogens with two attached hydrogens (primary N) is 1. The van der Waals surface area contributed by atoms with E-state index in [0.29, 0.717) is 13.2 Å². The molecule has 0 aliphatic rings. The highest BCUT2D eigenvalue weighted by Gasteiger charge is 2.11. The molecule has 0 heterocycles. The van der Waals surface area contributed by atoms with Crippen LogP contribution in [0.3, 0.4) is 0 Å². The highest BCUT2D eigenvalue weighted by molar-refractivity contribution is 5.85. The van der Waals surface area contributed by atoms with Crippen LogP contribution in [0.5, 0.6) is 0 Å². The van der Waals surface area contributed by atoms with Gasteiger partial charge < -0.3 is 15.8 Å². The van der Waals surface area contributed by atoms with Crippen molar-refractivity contribution in [3.8, 4) is 0 Å². The third-order valence-corrected chi connectivity index (χ3v) is 2.75. The van der Waals surface area contributed by atoms with Crippen LogP contribution in [0.1, 0.15) is 18.9 Å². The summed E-state index contributed by atoms with van der Waals surface area (Å²) in [6, 6.07) is 7.65. The molecule has 1 atom stereocenters. The molecule has 4 nitrogen and oxygen atoms in total. The summed E-state index contributed by atoms with van der Waals surface area (Å²) < 4.78 is 5.36. The van der Waals surface area contributed by atoms with Crippen LogP contribution in [0, 0.1) is 0 Å². The van der Waals surface area contributed by atoms with Crippen molar-refractivity contribution in [2.75, 3.05) is 18.9 Å². The van der Waals surface area contributed by atoms with Gasteiger partial charge in [-0.15, -0.1) is 19.0 Å². The number of nitrogen functional groups attached to an aromatic ring is 1. The second kappa shape index (κ2) is 10.3. The molecule has 0 saturated heterocycles. The van der Waals surface area contributed by atoms with Gasteiger partial charge in [-0.05, 0) is 37.5 Å². The molecule has 0 saturated carbocycles. The van der Waals surface area contributed by atoms with Crippen molar-refractivity contribution in [3.63, 3.8) is 0 Å². The van der Waals surface area contributed by atoms with Crippen molar-refractivity contribution < 1.29 is 9.53 Å². The van der Waals surface area contributed by atoms with Crippen LogP contribution in [-0.4, -0.2) is 25.2 Å². The normalized spacial score (nSPS) is 11.2. The first kappa shape index (κ1) is 18.5. The molecule has 1 unspecified atom stereocenters. The summed E-state index contributed by atoms with van der Waals surface area (Å²) >= 11 is 0. The van der Waals surface area contributed by atoms with Gasteiger partial charge in [0.2, 0.25) is 5.91 Å². The van der Waals surface area contributed by atoms with Crippen LogP contribution in [0.4, 0.5) is 5.69 Å². The first-order chi connectivity index (χ1) is 9.13. The molecule has 1 aromatic carbocycles. The van der Waals surface area contributed by atoms with E-state index in [9.17, 15) is 4.79 Å². The van der Waals surface area contributed by atoms with Crippen molar-refractivity contribution in [1.29, 1.82) is 0 Å². The summed E-state index contributed by atoms with van der Waals surface area (Å²) in [5.41, 5.74) is 7.50. The van der Waals surface area contributed by atoms with E-state index in [4.69, 9.17) is 10.5 Å². The van der Waals surface area contributed by atoms with E-state index in [2.05, 4.69) is 11.9 Å². The van der Waals surface area contributed by atoms with Crippen LogP contribution in [0.25, 0.3) is 0 Å².